The van der Waals surface area contributed by atoms with Crippen LogP contribution in [0, 0.1) is 6.92 Å². The van der Waals surface area contributed by atoms with Crippen LogP contribution >= 0.6 is 11.6 Å². The molecule has 0 aliphatic carbocycles. The summed E-state index contributed by atoms with van der Waals surface area (Å²) in [6, 6.07) is 5.31. The molecule has 1 aromatic carbocycles. The Bertz CT molecular complexity index is 355. The van der Waals surface area contributed by atoms with Crippen molar-refractivity contribution >= 4 is 17.6 Å². The van der Waals surface area contributed by atoms with E-state index in [1.165, 1.54) is 0 Å². The number of halogens is 1. The zero-order chi connectivity index (χ0) is 11.3. The van der Waals surface area contributed by atoms with E-state index in [0.717, 1.165) is 11.3 Å². The summed E-state index contributed by atoms with van der Waals surface area (Å²) in [5, 5.41) is 10.8. The second kappa shape index (κ2) is 7.96. The summed E-state index contributed by atoms with van der Waals surface area (Å²) >= 11 is 5.78. The summed E-state index contributed by atoms with van der Waals surface area (Å²) in [5.41, 5.74) is 0.941. The maximum absolute atomic E-state index is 10.1. The average molecular weight is 251 g/mol. The minimum Gasteiger partial charge on any atom is -0.550 e. The van der Waals surface area contributed by atoms with Gasteiger partial charge in [-0.25, -0.2) is 0 Å². The minimum atomic E-state index is -1.05. The van der Waals surface area contributed by atoms with Crippen LogP contribution in [0.4, 0.5) is 0 Å². The van der Waals surface area contributed by atoms with E-state index in [1.807, 2.05) is 6.92 Å². The molecular formula is C11H12ClNaO3. The number of carboxylic acid groups (broad SMARTS) is 1. The van der Waals surface area contributed by atoms with E-state index in [1.54, 1.807) is 18.2 Å². The Balaban J connectivity index is 0.00000225. The van der Waals surface area contributed by atoms with Crippen LogP contribution in [-0.2, 0) is 4.79 Å². The normalized spacial score (nSPS) is 9.38. The SMILES string of the molecule is Cc1cc(Cl)ccc1OCCCC(=O)[O-].[Na+]. The second-order valence-corrected chi connectivity index (χ2v) is 3.67. The van der Waals surface area contributed by atoms with Crippen molar-refractivity contribution in [2.45, 2.75) is 19.8 Å². The first kappa shape index (κ1) is 15.8. The van der Waals surface area contributed by atoms with Gasteiger partial charge in [0.05, 0.1) is 6.61 Å². The minimum absolute atomic E-state index is 0. The summed E-state index contributed by atoms with van der Waals surface area (Å²) in [5.74, 6) is -0.316. The fourth-order valence-corrected chi connectivity index (χ4v) is 1.40. The third-order valence-electron chi connectivity index (χ3n) is 1.92. The van der Waals surface area contributed by atoms with Crippen molar-refractivity contribution in [3.05, 3.63) is 28.8 Å². The van der Waals surface area contributed by atoms with Gasteiger partial charge in [0.1, 0.15) is 5.75 Å². The van der Waals surface area contributed by atoms with Gasteiger partial charge in [-0.05, 0) is 43.5 Å². The van der Waals surface area contributed by atoms with Gasteiger partial charge in [-0.1, -0.05) is 11.6 Å². The fraction of sp³-hybridized carbons (Fsp3) is 0.364. The molecule has 5 heteroatoms. The van der Waals surface area contributed by atoms with Crippen molar-refractivity contribution in [3.63, 3.8) is 0 Å². The van der Waals surface area contributed by atoms with E-state index in [9.17, 15) is 9.90 Å². The van der Waals surface area contributed by atoms with Crippen molar-refractivity contribution in [3.8, 4) is 5.75 Å². The predicted molar refractivity (Wildman–Crippen MR) is 55.9 cm³/mol. The first-order chi connectivity index (χ1) is 7.09. The van der Waals surface area contributed by atoms with Crippen LogP contribution in [0.3, 0.4) is 0 Å². The monoisotopic (exact) mass is 250 g/mol. The third kappa shape index (κ3) is 5.75. The molecule has 3 nitrogen and oxygen atoms in total. The molecule has 0 aromatic heterocycles. The number of hydrogen-bond acceptors (Lipinski definition) is 3. The number of aliphatic carboxylic acids is 1. The summed E-state index contributed by atoms with van der Waals surface area (Å²) in [6.45, 7) is 2.26. The molecule has 1 rings (SSSR count). The number of rotatable bonds is 5. The number of hydrogen-bond donors (Lipinski definition) is 0. The van der Waals surface area contributed by atoms with Gasteiger partial charge in [-0.3, -0.25) is 0 Å². The number of ether oxygens (including phenoxy) is 1. The fourth-order valence-electron chi connectivity index (χ4n) is 1.17. The molecule has 0 spiro atoms. The summed E-state index contributed by atoms with van der Waals surface area (Å²) in [6.07, 6.45) is 0.469. The quantitative estimate of drug-likeness (QED) is 0.475. The summed E-state index contributed by atoms with van der Waals surface area (Å²) < 4.78 is 5.39. The Labute approximate surface area is 122 Å². The molecule has 0 aliphatic heterocycles. The van der Waals surface area contributed by atoms with Gasteiger partial charge in [-0.15, -0.1) is 0 Å². The molecule has 16 heavy (non-hydrogen) atoms. The van der Waals surface area contributed by atoms with Crippen molar-refractivity contribution in [2.75, 3.05) is 6.61 Å². The third-order valence-corrected chi connectivity index (χ3v) is 2.15. The van der Waals surface area contributed by atoms with Crippen LogP contribution in [-0.4, -0.2) is 12.6 Å². The maximum atomic E-state index is 10.1. The van der Waals surface area contributed by atoms with E-state index >= 15 is 0 Å². The van der Waals surface area contributed by atoms with Gasteiger partial charge in [0.2, 0.25) is 0 Å². The molecular weight excluding hydrogens is 239 g/mol. The van der Waals surface area contributed by atoms with Gasteiger partial charge in [0, 0.05) is 11.0 Å². The van der Waals surface area contributed by atoms with E-state index in [0.29, 0.717) is 18.1 Å². The molecule has 0 N–H and O–H groups in total. The van der Waals surface area contributed by atoms with Crippen molar-refractivity contribution in [1.29, 1.82) is 0 Å². The molecule has 0 aliphatic rings. The van der Waals surface area contributed by atoms with Gasteiger partial charge in [0.25, 0.3) is 0 Å². The van der Waals surface area contributed by atoms with E-state index in [2.05, 4.69) is 0 Å². The molecule has 82 valence electrons. The predicted octanol–water partition coefficient (Wildman–Crippen LogP) is -1.44. The Kier molecular flexibility index (Phi) is 7.85. The standard InChI is InChI=1S/C11H13ClO3.Na/c1-8-7-9(12)4-5-10(8)15-6-2-3-11(13)14;/h4-5,7H,2-3,6H2,1H3,(H,13,14);/q;+1/p-1. The zero-order valence-electron chi connectivity index (χ0n) is 9.46. The largest absolute Gasteiger partial charge is 1.00 e. The number of carboxylic acids is 1. The Morgan fingerprint density at radius 1 is 1.50 bits per heavy atom. The Morgan fingerprint density at radius 3 is 2.75 bits per heavy atom. The van der Waals surface area contributed by atoms with Crippen molar-refractivity contribution in [2.24, 2.45) is 0 Å². The molecule has 0 bridgehead atoms. The van der Waals surface area contributed by atoms with Crippen molar-refractivity contribution in [1.82, 2.24) is 0 Å². The molecule has 0 unspecified atom stereocenters. The molecule has 1 aromatic rings. The van der Waals surface area contributed by atoms with E-state index < -0.39 is 5.97 Å². The van der Waals surface area contributed by atoms with Crippen LogP contribution in [0.5, 0.6) is 5.75 Å². The van der Waals surface area contributed by atoms with Crippen LogP contribution in [0.1, 0.15) is 18.4 Å². The first-order valence-corrected chi connectivity index (χ1v) is 5.06. The van der Waals surface area contributed by atoms with Gasteiger partial charge < -0.3 is 14.6 Å². The van der Waals surface area contributed by atoms with Crippen LogP contribution in [0.15, 0.2) is 18.2 Å². The molecule has 0 heterocycles. The second-order valence-electron chi connectivity index (χ2n) is 3.23. The molecule has 0 saturated heterocycles. The first-order valence-electron chi connectivity index (χ1n) is 4.68. The number of carbonyl (C=O) groups excluding carboxylic acids is 1. The van der Waals surface area contributed by atoms with E-state index in [-0.39, 0.29) is 36.0 Å². The Hall–Kier alpha value is -0.220. The molecule has 0 radical (unpaired) electrons. The molecule has 0 amide bonds. The topological polar surface area (TPSA) is 49.4 Å². The van der Waals surface area contributed by atoms with Crippen molar-refractivity contribution < 1.29 is 44.2 Å². The zero-order valence-corrected chi connectivity index (χ0v) is 12.2. The molecule has 0 saturated carbocycles. The van der Waals surface area contributed by atoms with Crippen LogP contribution in [0.25, 0.3) is 0 Å². The van der Waals surface area contributed by atoms with Crippen LogP contribution < -0.4 is 39.4 Å². The van der Waals surface area contributed by atoms with Gasteiger partial charge in [-0.2, -0.15) is 0 Å². The summed E-state index contributed by atoms with van der Waals surface area (Å²) in [7, 11) is 0. The molecule has 0 atom stereocenters. The maximum Gasteiger partial charge on any atom is 1.00 e. The van der Waals surface area contributed by atoms with Gasteiger partial charge in [0.15, 0.2) is 0 Å². The number of carbonyl (C=O) groups is 1. The number of aryl methyl sites for hydroxylation is 1. The Morgan fingerprint density at radius 2 is 2.19 bits per heavy atom. The number of benzene rings is 1. The average Bonchev–Trinajstić information content (AvgIpc) is 2.14. The summed E-state index contributed by atoms with van der Waals surface area (Å²) in [4.78, 5) is 10.1. The molecule has 0 fully saturated rings. The smallest absolute Gasteiger partial charge is 0.550 e. The van der Waals surface area contributed by atoms with E-state index in [4.69, 9.17) is 16.3 Å². The van der Waals surface area contributed by atoms with Gasteiger partial charge >= 0.3 is 29.6 Å². The van der Waals surface area contributed by atoms with Crippen LogP contribution in [0.2, 0.25) is 5.02 Å².